The summed E-state index contributed by atoms with van der Waals surface area (Å²) in [6, 6.07) is 7.41. The molecule has 9 heteroatoms. The lowest BCUT2D eigenvalue weighted by molar-refractivity contribution is -0.140. The van der Waals surface area contributed by atoms with E-state index in [-0.39, 0.29) is 11.2 Å². The van der Waals surface area contributed by atoms with Crippen molar-refractivity contribution in [2.24, 2.45) is 0 Å². The summed E-state index contributed by atoms with van der Waals surface area (Å²) < 4.78 is 11.6. The summed E-state index contributed by atoms with van der Waals surface area (Å²) in [4.78, 5) is 20.4. The predicted octanol–water partition coefficient (Wildman–Crippen LogP) is 2.26. The fourth-order valence-corrected chi connectivity index (χ4v) is 3.26. The normalized spacial score (nSPS) is 12.1. The average molecular weight is 359 g/mol. The Morgan fingerprint density at radius 2 is 2.00 bits per heavy atom. The molecule has 0 aliphatic rings. The van der Waals surface area contributed by atoms with Crippen molar-refractivity contribution >= 4 is 28.9 Å². The van der Waals surface area contributed by atoms with Crippen LogP contribution in [0.2, 0.25) is 0 Å². The Balaban J connectivity index is 1.98. The number of hydrogen-bond donors (Lipinski definition) is 0. The summed E-state index contributed by atoms with van der Waals surface area (Å²) in [6.07, 6.45) is 2.06. The van der Waals surface area contributed by atoms with E-state index in [1.54, 1.807) is 11.8 Å². The van der Waals surface area contributed by atoms with E-state index in [4.69, 9.17) is 9.47 Å². The summed E-state index contributed by atoms with van der Waals surface area (Å²) in [6.45, 7) is 1.92. The van der Waals surface area contributed by atoms with E-state index in [0.717, 1.165) is 11.4 Å². The summed E-state index contributed by atoms with van der Waals surface area (Å²) in [5, 5.41) is 8.61. The van der Waals surface area contributed by atoms with E-state index in [9.17, 15) is 4.79 Å². The third-order valence-electron chi connectivity index (χ3n) is 3.61. The lowest BCUT2D eigenvalue weighted by atomic mass is 10.3. The highest BCUT2D eigenvalue weighted by molar-refractivity contribution is 8.00. The maximum absolute atomic E-state index is 11.8. The summed E-state index contributed by atoms with van der Waals surface area (Å²) >= 11 is 1.30. The van der Waals surface area contributed by atoms with Gasteiger partial charge in [0.15, 0.2) is 11.2 Å². The number of benzene rings is 1. The van der Waals surface area contributed by atoms with Gasteiger partial charge in [0.1, 0.15) is 22.4 Å². The Hall–Kier alpha value is -2.68. The van der Waals surface area contributed by atoms with Gasteiger partial charge in [-0.15, -0.1) is 5.10 Å². The molecule has 130 valence electrons. The van der Waals surface area contributed by atoms with Crippen LogP contribution in [-0.4, -0.2) is 50.4 Å². The Morgan fingerprint density at radius 3 is 2.64 bits per heavy atom. The van der Waals surface area contributed by atoms with Crippen molar-refractivity contribution < 1.29 is 14.3 Å². The van der Waals surface area contributed by atoms with Crippen molar-refractivity contribution in [2.45, 2.75) is 23.6 Å². The van der Waals surface area contributed by atoms with Gasteiger partial charge in [-0.05, 0) is 30.7 Å². The Morgan fingerprint density at radius 1 is 1.24 bits per heavy atom. The third-order valence-corrected chi connectivity index (χ3v) is 4.94. The molecule has 25 heavy (non-hydrogen) atoms. The fourth-order valence-electron chi connectivity index (χ4n) is 2.28. The van der Waals surface area contributed by atoms with E-state index < -0.39 is 0 Å². The van der Waals surface area contributed by atoms with E-state index in [2.05, 4.69) is 20.3 Å². The Labute approximate surface area is 148 Å². The monoisotopic (exact) mass is 359 g/mol. The molecule has 0 fully saturated rings. The number of thioether (sulfide) groups is 1. The molecule has 1 unspecified atom stereocenters. The summed E-state index contributed by atoms with van der Waals surface area (Å²) in [5.41, 5.74) is 1.92. The Bertz CT molecular complexity index is 881. The Kier molecular flexibility index (Phi) is 5.13. The molecule has 8 nitrogen and oxygen atoms in total. The maximum Gasteiger partial charge on any atom is 0.319 e. The number of fused-ring (bicyclic) bond motifs is 1. The number of carbonyl (C=O) groups is 1. The fraction of sp³-hybridized carbons (Fsp3) is 0.312. The number of methoxy groups -OCH3 is 2. The van der Waals surface area contributed by atoms with Gasteiger partial charge in [-0.1, -0.05) is 23.9 Å². The van der Waals surface area contributed by atoms with Gasteiger partial charge >= 0.3 is 5.97 Å². The quantitative estimate of drug-likeness (QED) is 0.376. The highest BCUT2D eigenvalue weighted by Gasteiger charge is 2.22. The zero-order valence-electron chi connectivity index (χ0n) is 14.0. The van der Waals surface area contributed by atoms with Crippen LogP contribution in [0.5, 0.6) is 5.75 Å². The molecule has 1 aromatic carbocycles. The highest BCUT2D eigenvalue weighted by atomic mass is 32.2. The lowest BCUT2D eigenvalue weighted by Crippen LogP contribution is -2.17. The maximum atomic E-state index is 11.8. The second kappa shape index (κ2) is 7.47. The lowest BCUT2D eigenvalue weighted by Gasteiger charge is -2.11. The van der Waals surface area contributed by atoms with Gasteiger partial charge < -0.3 is 9.47 Å². The molecular formula is C16H17N5O3S. The molecule has 0 saturated carbocycles. The molecule has 0 bridgehead atoms. The standard InChI is InChI=1S/C16H17N5O3S/c1-4-12(16(22)24-3)25-15-13-14(17-9-18-15)21(20-19-13)10-5-7-11(23-2)8-6-10/h5-9,12H,4H2,1-3H3. The number of hydrogen-bond acceptors (Lipinski definition) is 8. The first-order valence-corrected chi connectivity index (χ1v) is 8.51. The van der Waals surface area contributed by atoms with E-state index >= 15 is 0 Å². The van der Waals surface area contributed by atoms with Crippen LogP contribution >= 0.6 is 11.8 Å². The molecule has 3 rings (SSSR count). The molecular weight excluding hydrogens is 342 g/mol. The summed E-state index contributed by atoms with van der Waals surface area (Å²) in [7, 11) is 2.99. The van der Waals surface area contributed by atoms with Gasteiger partial charge in [-0.2, -0.15) is 4.68 Å². The zero-order valence-corrected chi connectivity index (χ0v) is 14.9. The largest absolute Gasteiger partial charge is 0.497 e. The van der Waals surface area contributed by atoms with Crippen LogP contribution in [0.1, 0.15) is 13.3 Å². The molecule has 2 aromatic heterocycles. The van der Waals surface area contributed by atoms with Crippen LogP contribution in [0.15, 0.2) is 35.6 Å². The first-order chi connectivity index (χ1) is 12.2. The zero-order chi connectivity index (χ0) is 17.8. The topological polar surface area (TPSA) is 92.0 Å². The van der Waals surface area contributed by atoms with Gasteiger partial charge in [-0.25, -0.2) is 9.97 Å². The van der Waals surface area contributed by atoms with Gasteiger partial charge in [0.2, 0.25) is 0 Å². The van der Waals surface area contributed by atoms with Crippen molar-refractivity contribution in [1.29, 1.82) is 0 Å². The predicted molar refractivity (Wildman–Crippen MR) is 93.0 cm³/mol. The number of aromatic nitrogens is 5. The van der Waals surface area contributed by atoms with Crippen LogP contribution < -0.4 is 4.74 Å². The molecule has 0 radical (unpaired) electrons. The molecule has 0 saturated heterocycles. The average Bonchev–Trinajstić information content (AvgIpc) is 3.10. The molecule has 2 heterocycles. The molecule has 0 spiro atoms. The minimum atomic E-state index is -0.353. The molecule has 3 aromatic rings. The molecule has 0 aliphatic carbocycles. The number of ether oxygens (including phenoxy) is 2. The number of carbonyl (C=O) groups excluding carboxylic acids is 1. The van der Waals surface area contributed by atoms with Crippen molar-refractivity contribution in [1.82, 2.24) is 25.0 Å². The molecule has 0 amide bonds. The first-order valence-electron chi connectivity index (χ1n) is 7.63. The smallest absolute Gasteiger partial charge is 0.319 e. The van der Waals surface area contributed by atoms with Gasteiger partial charge in [0.05, 0.1) is 19.9 Å². The van der Waals surface area contributed by atoms with Crippen molar-refractivity contribution in [2.75, 3.05) is 14.2 Å². The third kappa shape index (κ3) is 3.41. The van der Waals surface area contributed by atoms with Crippen LogP contribution in [0.25, 0.3) is 16.9 Å². The van der Waals surface area contributed by atoms with Crippen LogP contribution in [0.3, 0.4) is 0 Å². The second-order valence-corrected chi connectivity index (χ2v) is 6.28. The second-order valence-electron chi connectivity index (χ2n) is 5.09. The molecule has 0 N–H and O–H groups in total. The van der Waals surface area contributed by atoms with Crippen molar-refractivity contribution in [3.8, 4) is 11.4 Å². The van der Waals surface area contributed by atoms with Gasteiger partial charge in [0, 0.05) is 0 Å². The van der Waals surface area contributed by atoms with Crippen LogP contribution in [-0.2, 0) is 9.53 Å². The van der Waals surface area contributed by atoms with Crippen LogP contribution in [0.4, 0.5) is 0 Å². The number of rotatable bonds is 6. The van der Waals surface area contributed by atoms with Crippen LogP contribution in [0, 0.1) is 0 Å². The SMILES string of the molecule is CCC(Sc1ncnc2c1nnn2-c1ccc(OC)cc1)C(=O)OC. The van der Waals surface area contributed by atoms with Gasteiger partial charge in [-0.3, -0.25) is 4.79 Å². The van der Waals surface area contributed by atoms with E-state index in [1.807, 2.05) is 31.2 Å². The number of nitrogens with zero attached hydrogens (tertiary/aromatic N) is 5. The van der Waals surface area contributed by atoms with E-state index in [0.29, 0.717) is 22.6 Å². The number of esters is 1. The van der Waals surface area contributed by atoms with Crippen molar-refractivity contribution in [3.63, 3.8) is 0 Å². The molecule has 1 atom stereocenters. The first kappa shape index (κ1) is 17.2. The highest BCUT2D eigenvalue weighted by Crippen LogP contribution is 2.29. The molecule has 0 aliphatic heterocycles. The van der Waals surface area contributed by atoms with E-state index in [1.165, 1.54) is 25.2 Å². The summed E-state index contributed by atoms with van der Waals surface area (Å²) in [5.74, 6) is 0.463. The minimum absolute atomic E-state index is 0.290. The minimum Gasteiger partial charge on any atom is -0.497 e. The van der Waals surface area contributed by atoms with Gasteiger partial charge in [0.25, 0.3) is 0 Å². The van der Waals surface area contributed by atoms with Crippen molar-refractivity contribution in [3.05, 3.63) is 30.6 Å².